The van der Waals surface area contributed by atoms with E-state index in [-0.39, 0.29) is 6.10 Å². The molecule has 6 nitrogen and oxygen atoms in total. The van der Waals surface area contributed by atoms with Gasteiger partial charge in [-0.1, -0.05) is 246 Å². The normalized spacial score (nSPS) is 14.9. The Morgan fingerprint density at radius 2 is 0.545 bits per heavy atom. The molecule has 0 aliphatic heterocycles. The summed E-state index contributed by atoms with van der Waals surface area (Å²) in [5.74, 6) is 0.811. The van der Waals surface area contributed by atoms with Gasteiger partial charge in [0.1, 0.15) is 0 Å². The summed E-state index contributed by atoms with van der Waals surface area (Å²) in [6.07, 6.45) is 57.1. The fraction of sp³-hybridized carbons (Fsp3) is 0.967. The first kappa shape index (κ1) is 62.9. The lowest BCUT2D eigenvalue weighted by atomic mass is 9.87. The number of amides is 2. The smallest absolute Gasteiger partial charge is 0.222 e. The minimum atomic E-state index is -0.152. The number of carbonyl (C=O) groups is 2. The number of unbranched alkanes of at least 4 members (excludes halogenated alkanes) is 36. The maximum Gasteiger partial charge on any atom is 0.222 e. The molecule has 0 aromatic carbocycles. The molecule has 1 fully saturated rings. The highest BCUT2D eigenvalue weighted by molar-refractivity contribution is 5.76. The maximum atomic E-state index is 13.4. The van der Waals surface area contributed by atoms with Crippen LogP contribution in [0.5, 0.6) is 0 Å². The van der Waals surface area contributed by atoms with Crippen molar-refractivity contribution < 1.29 is 14.7 Å². The number of aliphatic hydroxyl groups excluding tert-OH is 1. The van der Waals surface area contributed by atoms with Gasteiger partial charge in [-0.05, 0) is 77.3 Å². The van der Waals surface area contributed by atoms with Gasteiger partial charge in [-0.25, -0.2) is 0 Å². The lowest BCUT2D eigenvalue weighted by Crippen LogP contribution is -2.51. The molecule has 392 valence electrons. The Hall–Kier alpha value is -1.14. The molecule has 0 saturated heterocycles. The van der Waals surface area contributed by atoms with Crippen molar-refractivity contribution >= 4 is 11.8 Å². The van der Waals surface area contributed by atoms with E-state index in [9.17, 15) is 14.7 Å². The highest BCUT2D eigenvalue weighted by Gasteiger charge is 2.33. The summed E-state index contributed by atoms with van der Waals surface area (Å²) < 4.78 is 0. The Morgan fingerprint density at radius 3 is 0.773 bits per heavy atom. The quantitative estimate of drug-likeness (QED) is 0.0617. The van der Waals surface area contributed by atoms with Crippen molar-refractivity contribution in [2.24, 2.45) is 0 Å². The molecule has 0 spiro atoms. The van der Waals surface area contributed by atoms with Gasteiger partial charge in [-0.2, -0.15) is 0 Å². The maximum absolute atomic E-state index is 13.4. The lowest BCUT2D eigenvalue weighted by molar-refractivity contribution is -0.132. The summed E-state index contributed by atoms with van der Waals surface area (Å²) in [6, 6.07) is 0.349. The van der Waals surface area contributed by atoms with E-state index >= 15 is 0 Å². The largest absolute Gasteiger partial charge is 0.391 e. The van der Waals surface area contributed by atoms with Gasteiger partial charge in [0, 0.05) is 45.1 Å². The predicted molar refractivity (Wildman–Crippen MR) is 290 cm³/mol. The van der Waals surface area contributed by atoms with E-state index in [4.69, 9.17) is 0 Å². The first-order chi connectivity index (χ1) is 32.5. The highest BCUT2D eigenvalue weighted by Crippen LogP contribution is 2.27. The number of hydrogen-bond donors (Lipinski definition) is 1. The van der Waals surface area contributed by atoms with Crippen LogP contribution in [0.1, 0.15) is 323 Å². The Bertz CT molecular complexity index is 913. The molecular formula is C60H119N3O3. The number of hydrogen-bond acceptors (Lipinski definition) is 4. The molecule has 1 N–H and O–H groups in total. The van der Waals surface area contributed by atoms with Gasteiger partial charge in [-0.3, -0.25) is 14.5 Å². The average molecular weight is 931 g/mol. The molecule has 1 rings (SSSR count). The van der Waals surface area contributed by atoms with Crippen LogP contribution in [0, 0.1) is 0 Å². The third-order valence-electron chi connectivity index (χ3n) is 15.2. The predicted octanol–water partition coefficient (Wildman–Crippen LogP) is 17.7. The number of aliphatic hydroxyl groups is 1. The number of rotatable bonds is 53. The van der Waals surface area contributed by atoms with Gasteiger partial charge < -0.3 is 14.9 Å². The van der Waals surface area contributed by atoms with E-state index < -0.39 is 0 Å². The molecular weight excluding hydrogens is 811 g/mol. The molecule has 1 aliphatic carbocycles. The van der Waals surface area contributed by atoms with Crippen LogP contribution in [0.3, 0.4) is 0 Å². The summed E-state index contributed by atoms with van der Waals surface area (Å²) in [6.45, 7) is 15.2. The molecule has 0 aromatic rings. The van der Waals surface area contributed by atoms with E-state index in [1.165, 1.54) is 244 Å². The fourth-order valence-electron chi connectivity index (χ4n) is 10.4. The van der Waals surface area contributed by atoms with Crippen LogP contribution in [0.15, 0.2) is 0 Å². The molecule has 6 heteroatoms. The lowest BCUT2D eigenvalue weighted by Gasteiger charge is -2.42. The third-order valence-corrected chi connectivity index (χ3v) is 15.2. The second-order valence-corrected chi connectivity index (χ2v) is 21.4. The zero-order valence-electron chi connectivity index (χ0n) is 45.5. The first-order valence-corrected chi connectivity index (χ1v) is 30.5. The average Bonchev–Trinajstić information content (AvgIpc) is 3.31. The Morgan fingerprint density at radius 1 is 0.318 bits per heavy atom. The second kappa shape index (κ2) is 48.9. The van der Waals surface area contributed by atoms with Crippen LogP contribution >= 0.6 is 0 Å². The van der Waals surface area contributed by atoms with Gasteiger partial charge in [0.2, 0.25) is 11.8 Å². The van der Waals surface area contributed by atoms with E-state index in [0.29, 0.717) is 17.9 Å². The highest BCUT2D eigenvalue weighted by atomic mass is 16.3. The second-order valence-electron chi connectivity index (χ2n) is 21.4. The first-order valence-electron chi connectivity index (χ1n) is 30.5. The molecule has 2 amide bonds. The third kappa shape index (κ3) is 37.7. The number of nitrogens with zero attached hydrogens (tertiary/aromatic N) is 3. The molecule has 66 heavy (non-hydrogen) atoms. The van der Waals surface area contributed by atoms with Crippen LogP contribution in [-0.2, 0) is 9.59 Å². The summed E-state index contributed by atoms with van der Waals surface area (Å²) in [4.78, 5) is 33.9. The molecule has 0 aromatic heterocycles. The fourth-order valence-corrected chi connectivity index (χ4v) is 10.4. The van der Waals surface area contributed by atoms with E-state index in [1.54, 1.807) is 0 Å². The molecule has 1 aliphatic rings. The van der Waals surface area contributed by atoms with Crippen molar-refractivity contribution in [1.82, 2.24) is 14.7 Å². The summed E-state index contributed by atoms with van der Waals surface area (Å²) in [7, 11) is 0. The Balaban J connectivity index is 2.37. The van der Waals surface area contributed by atoms with E-state index in [2.05, 4.69) is 42.4 Å². The molecule has 0 heterocycles. The van der Waals surface area contributed by atoms with Crippen molar-refractivity contribution in [3.63, 3.8) is 0 Å². The monoisotopic (exact) mass is 930 g/mol. The van der Waals surface area contributed by atoms with Crippen molar-refractivity contribution in [3.8, 4) is 0 Å². The van der Waals surface area contributed by atoms with Gasteiger partial charge in [-0.15, -0.1) is 0 Å². The van der Waals surface area contributed by atoms with Gasteiger partial charge in [0.25, 0.3) is 0 Å². The topological polar surface area (TPSA) is 64.1 Å². The van der Waals surface area contributed by atoms with Crippen molar-refractivity contribution in [2.75, 3.05) is 39.3 Å². The summed E-state index contributed by atoms with van der Waals surface area (Å²) in [5.41, 5.74) is 0. The Kier molecular flexibility index (Phi) is 46.6. The van der Waals surface area contributed by atoms with Crippen molar-refractivity contribution in [2.45, 2.75) is 335 Å². The Labute approximate surface area is 414 Å². The van der Waals surface area contributed by atoms with Crippen LogP contribution in [0.25, 0.3) is 0 Å². The molecule has 0 unspecified atom stereocenters. The minimum absolute atomic E-state index is 0.152. The van der Waals surface area contributed by atoms with Crippen molar-refractivity contribution in [1.29, 1.82) is 0 Å². The zero-order chi connectivity index (χ0) is 47.8. The van der Waals surface area contributed by atoms with Crippen molar-refractivity contribution in [3.05, 3.63) is 0 Å². The molecule has 0 bridgehead atoms. The van der Waals surface area contributed by atoms with E-state index in [1.807, 2.05) is 0 Å². The standard InChI is InChI=1S/C60H119N3O3/c1-5-9-13-17-21-25-33-43-53-62(54-44-34-26-22-18-14-10-6-2)59(65)47-39-31-29-37-41-51-61(57-49-50-58(57)64)52-42-38-30-32-40-48-60(66)63(55-45-35-27-23-19-15-11-7-3)56-46-36-28-24-20-16-12-8-4/h57-58,64H,5-56H2,1-4H3/t57-,58+/m0/s1. The minimum Gasteiger partial charge on any atom is -0.391 e. The van der Waals surface area contributed by atoms with Crippen LogP contribution in [-0.4, -0.2) is 83.0 Å². The zero-order valence-corrected chi connectivity index (χ0v) is 45.5. The SMILES string of the molecule is CCCCCCCCCCN(CCCCCCCCCC)C(=O)CCCCCCCN(CCCCCCCC(=O)N(CCCCCCCCCC)CCCCCCCCCC)[C@H]1CC[C@H]1O. The number of carbonyl (C=O) groups excluding carboxylic acids is 2. The molecule has 0 radical (unpaired) electrons. The summed E-state index contributed by atoms with van der Waals surface area (Å²) in [5, 5.41) is 10.6. The van der Waals surface area contributed by atoms with Gasteiger partial charge in [0.15, 0.2) is 0 Å². The van der Waals surface area contributed by atoms with Crippen LogP contribution in [0.2, 0.25) is 0 Å². The van der Waals surface area contributed by atoms with Gasteiger partial charge >= 0.3 is 0 Å². The van der Waals surface area contributed by atoms with E-state index in [0.717, 1.165) is 90.6 Å². The summed E-state index contributed by atoms with van der Waals surface area (Å²) >= 11 is 0. The molecule has 2 atom stereocenters. The van der Waals surface area contributed by atoms with Crippen LogP contribution in [0.4, 0.5) is 0 Å². The van der Waals surface area contributed by atoms with Gasteiger partial charge in [0.05, 0.1) is 6.10 Å². The van der Waals surface area contributed by atoms with Crippen LogP contribution < -0.4 is 0 Å². The molecule has 1 saturated carbocycles.